The molecular formula is C14H11ClO3. The number of benzene rings is 1. The van der Waals surface area contributed by atoms with Gasteiger partial charge in [0.2, 0.25) is 0 Å². The lowest BCUT2D eigenvalue weighted by Gasteiger charge is -2.05. The smallest absolute Gasteiger partial charge is 0.355 e. The van der Waals surface area contributed by atoms with E-state index in [2.05, 4.69) is 0 Å². The molecule has 92 valence electrons. The average Bonchev–Trinajstić information content (AvgIpc) is 2.70. The van der Waals surface area contributed by atoms with Crippen LogP contribution in [0.25, 0.3) is 21.9 Å². The number of rotatable bonds is 0. The highest BCUT2D eigenvalue weighted by atomic mass is 35.5. The van der Waals surface area contributed by atoms with Gasteiger partial charge in [-0.2, -0.15) is 0 Å². The second-order valence-corrected chi connectivity index (χ2v) is 4.86. The van der Waals surface area contributed by atoms with Crippen LogP contribution in [0, 0.1) is 20.8 Å². The Balaban J connectivity index is 2.63. The number of aryl methyl sites for hydroxylation is 3. The van der Waals surface area contributed by atoms with Gasteiger partial charge in [-0.25, -0.2) is 4.79 Å². The summed E-state index contributed by atoms with van der Waals surface area (Å²) in [6.45, 7) is 5.59. The van der Waals surface area contributed by atoms with Crippen molar-refractivity contribution < 1.29 is 8.83 Å². The van der Waals surface area contributed by atoms with Crippen LogP contribution in [0.3, 0.4) is 0 Å². The van der Waals surface area contributed by atoms with Crippen molar-refractivity contribution in [3.8, 4) is 0 Å². The van der Waals surface area contributed by atoms with Crippen molar-refractivity contribution in [1.29, 1.82) is 0 Å². The molecular weight excluding hydrogens is 252 g/mol. The molecule has 4 heteroatoms. The first-order chi connectivity index (χ1) is 8.49. The minimum Gasteiger partial charge on any atom is -0.461 e. The Morgan fingerprint density at radius 2 is 1.72 bits per heavy atom. The van der Waals surface area contributed by atoms with E-state index in [0.717, 1.165) is 33.2 Å². The van der Waals surface area contributed by atoms with Crippen molar-refractivity contribution in [3.63, 3.8) is 0 Å². The van der Waals surface area contributed by atoms with Gasteiger partial charge in [0.25, 0.3) is 0 Å². The van der Waals surface area contributed by atoms with Gasteiger partial charge < -0.3 is 8.83 Å². The molecule has 3 aromatic rings. The van der Waals surface area contributed by atoms with E-state index < -0.39 is 5.63 Å². The molecule has 0 spiro atoms. The van der Waals surface area contributed by atoms with E-state index in [1.807, 2.05) is 32.9 Å². The van der Waals surface area contributed by atoms with E-state index in [1.165, 1.54) is 0 Å². The predicted molar refractivity (Wildman–Crippen MR) is 71.5 cm³/mol. The van der Waals surface area contributed by atoms with Gasteiger partial charge in [-0.15, -0.1) is 0 Å². The van der Waals surface area contributed by atoms with Crippen LogP contribution in [0.4, 0.5) is 0 Å². The van der Waals surface area contributed by atoms with Crippen molar-refractivity contribution >= 4 is 33.5 Å². The Morgan fingerprint density at radius 1 is 1.00 bits per heavy atom. The molecule has 0 N–H and O–H groups in total. The fourth-order valence-electron chi connectivity index (χ4n) is 2.28. The lowest BCUT2D eigenvalue weighted by molar-refractivity contribution is 0.552. The molecule has 0 amide bonds. The summed E-state index contributed by atoms with van der Waals surface area (Å²) in [5, 5.41) is 1.98. The highest BCUT2D eigenvalue weighted by Gasteiger charge is 2.15. The van der Waals surface area contributed by atoms with Crippen molar-refractivity contribution in [1.82, 2.24) is 0 Å². The van der Waals surface area contributed by atoms with E-state index in [1.54, 1.807) is 0 Å². The Bertz CT molecular complexity index is 840. The van der Waals surface area contributed by atoms with Crippen molar-refractivity contribution in [3.05, 3.63) is 44.5 Å². The van der Waals surface area contributed by atoms with Crippen LogP contribution in [0.2, 0.25) is 5.02 Å². The Morgan fingerprint density at radius 3 is 2.44 bits per heavy atom. The van der Waals surface area contributed by atoms with Crippen LogP contribution >= 0.6 is 11.6 Å². The van der Waals surface area contributed by atoms with Crippen molar-refractivity contribution in [2.24, 2.45) is 0 Å². The fraction of sp³-hybridized carbons (Fsp3) is 0.214. The minimum absolute atomic E-state index is 0.140. The fourth-order valence-corrected chi connectivity index (χ4v) is 2.42. The van der Waals surface area contributed by atoms with Gasteiger partial charge in [-0.1, -0.05) is 11.6 Å². The third-order valence-corrected chi connectivity index (χ3v) is 3.65. The molecule has 1 aromatic carbocycles. The average molecular weight is 263 g/mol. The molecule has 2 heterocycles. The van der Waals surface area contributed by atoms with Crippen LogP contribution in [-0.2, 0) is 0 Å². The van der Waals surface area contributed by atoms with Crippen molar-refractivity contribution in [2.75, 3.05) is 0 Å². The van der Waals surface area contributed by atoms with E-state index >= 15 is 0 Å². The number of fused-ring (bicyclic) bond motifs is 2. The van der Waals surface area contributed by atoms with Crippen LogP contribution in [0.1, 0.15) is 16.9 Å². The molecule has 0 aliphatic rings. The standard InChI is InChI=1S/C14H11ClO3/c1-6-4-9-5-10-7(2)11(15)14(16)18-13(10)8(3)12(9)17-6/h4-5H,1-3H3. The topological polar surface area (TPSA) is 43.4 Å². The molecule has 0 aliphatic carbocycles. The van der Waals surface area contributed by atoms with Gasteiger partial charge in [-0.05, 0) is 38.5 Å². The largest absolute Gasteiger partial charge is 0.461 e. The molecule has 0 atom stereocenters. The number of hydrogen-bond donors (Lipinski definition) is 0. The SMILES string of the molecule is Cc1cc2cc3c(C)c(Cl)c(=O)oc3c(C)c2o1. The van der Waals surface area contributed by atoms with Crippen LogP contribution in [0.15, 0.2) is 25.8 Å². The minimum atomic E-state index is -0.507. The molecule has 3 rings (SSSR count). The first-order valence-electron chi connectivity index (χ1n) is 5.61. The molecule has 0 unspecified atom stereocenters. The molecule has 3 nitrogen and oxygen atoms in total. The monoisotopic (exact) mass is 262 g/mol. The van der Waals surface area contributed by atoms with E-state index in [9.17, 15) is 4.79 Å². The number of furan rings is 1. The third-order valence-electron chi connectivity index (χ3n) is 3.22. The van der Waals surface area contributed by atoms with Gasteiger partial charge in [0.15, 0.2) is 0 Å². The summed E-state index contributed by atoms with van der Waals surface area (Å²) < 4.78 is 10.9. The quantitative estimate of drug-likeness (QED) is 0.573. The summed E-state index contributed by atoms with van der Waals surface area (Å²) in [5.41, 5.74) is 2.36. The molecule has 0 fully saturated rings. The van der Waals surface area contributed by atoms with Gasteiger partial charge in [-0.3, -0.25) is 0 Å². The second kappa shape index (κ2) is 3.62. The zero-order valence-corrected chi connectivity index (χ0v) is 11.0. The highest BCUT2D eigenvalue weighted by molar-refractivity contribution is 6.32. The number of hydrogen-bond acceptors (Lipinski definition) is 3. The van der Waals surface area contributed by atoms with E-state index in [-0.39, 0.29) is 5.02 Å². The lowest BCUT2D eigenvalue weighted by atomic mass is 10.1. The molecule has 0 radical (unpaired) electrons. The second-order valence-electron chi connectivity index (χ2n) is 4.48. The maximum Gasteiger partial charge on any atom is 0.355 e. The molecule has 2 aromatic heterocycles. The summed E-state index contributed by atoms with van der Waals surface area (Å²) in [6, 6.07) is 3.90. The Hall–Kier alpha value is -1.74. The molecule has 18 heavy (non-hydrogen) atoms. The van der Waals surface area contributed by atoms with Gasteiger partial charge in [0.05, 0.1) is 0 Å². The van der Waals surface area contributed by atoms with Crippen molar-refractivity contribution in [2.45, 2.75) is 20.8 Å². The van der Waals surface area contributed by atoms with Crippen LogP contribution < -0.4 is 5.63 Å². The molecule has 0 saturated carbocycles. The summed E-state index contributed by atoms with van der Waals surface area (Å²) in [6.07, 6.45) is 0. The number of halogens is 1. The third kappa shape index (κ3) is 1.40. The predicted octanol–water partition coefficient (Wildman–Crippen LogP) is 4.12. The summed E-state index contributed by atoms with van der Waals surface area (Å²) >= 11 is 5.94. The van der Waals surface area contributed by atoms with Gasteiger partial charge in [0, 0.05) is 16.3 Å². The Kier molecular flexibility index (Phi) is 2.29. The molecule has 0 saturated heterocycles. The Labute approximate surface area is 108 Å². The maximum atomic E-state index is 11.6. The lowest BCUT2D eigenvalue weighted by Crippen LogP contribution is -2.02. The van der Waals surface area contributed by atoms with E-state index in [4.69, 9.17) is 20.4 Å². The summed E-state index contributed by atoms with van der Waals surface area (Å²) in [5.74, 6) is 0.828. The van der Waals surface area contributed by atoms with E-state index in [0.29, 0.717) is 5.58 Å². The summed E-state index contributed by atoms with van der Waals surface area (Å²) in [4.78, 5) is 11.6. The zero-order chi connectivity index (χ0) is 13.0. The normalized spacial score (nSPS) is 11.6. The summed E-state index contributed by atoms with van der Waals surface area (Å²) in [7, 11) is 0. The van der Waals surface area contributed by atoms with Crippen LogP contribution in [-0.4, -0.2) is 0 Å². The van der Waals surface area contributed by atoms with Crippen LogP contribution in [0.5, 0.6) is 0 Å². The first kappa shape index (κ1) is 11.4. The highest BCUT2D eigenvalue weighted by Crippen LogP contribution is 2.32. The zero-order valence-electron chi connectivity index (χ0n) is 10.3. The first-order valence-corrected chi connectivity index (χ1v) is 5.99. The molecule has 0 aliphatic heterocycles. The maximum absolute atomic E-state index is 11.6. The van der Waals surface area contributed by atoms with Gasteiger partial charge >= 0.3 is 5.63 Å². The molecule has 0 bridgehead atoms. The van der Waals surface area contributed by atoms with Gasteiger partial charge in [0.1, 0.15) is 21.9 Å².